The Balaban J connectivity index is 1.92. The molecule has 1 fully saturated rings. The minimum absolute atomic E-state index is 0.147. The van der Waals surface area contributed by atoms with Crippen LogP contribution in [0, 0.1) is 0 Å². The first-order valence-corrected chi connectivity index (χ1v) is 7.25. The maximum absolute atomic E-state index is 12.7. The van der Waals surface area contributed by atoms with Crippen LogP contribution in [0.2, 0.25) is 0 Å². The Labute approximate surface area is 126 Å². The number of aromatic amines is 1. The van der Waals surface area contributed by atoms with Crippen molar-refractivity contribution >= 4 is 22.9 Å². The molecule has 0 radical (unpaired) electrons. The van der Waals surface area contributed by atoms with E-state index in [4.69, 9.17) is 4.42 Å². The standard InChI is InChI=1S/C15H17N3O4/c1-16-13(19)11-4-2-3-7-18(11)14(20)9-5-6-12-10(8-9)17-15(21)22-12/h5-6,8,11H,2-4,7H2,1H3,(H,16,19)(H,17,21). The number of hydrogen-bond donors (Lipinski definition) is 2. The summed E-state index contributed by atoms with van der Waals surface area (Å²) < 4.78 is 4.92. The lowest BCUT2D eigenvalue weighted by molar-refractivity contribution is -0.126. The first kappa shape index (κ1) is 14.4. The van der Waals surface area contributed by atoms with E-state index in [2.05, 4.69) is 10.3 Å². The number of oxazole rings is 1. The number of H-pyrrole nitrogens is 1. The van der Waals surface area contributed by atoms with Gasteiger partial charge in [0.25, 0.3) is 5.91 Å². The van der Waals surface area contributed by atoms with Gasteiger partial charge in [0.1, 0.15) is 6.04 Å². The molecule has 2 N–H and O–H groups in total. The maximum Gasteiger partial charge on any atom is 0.417 e. The zero-order valence-corrected chi connectivity index (χ0v) is 12.2. The van der Waals surface area contributed by atoms with Gasteiger partial charge in [-0.1, -0.05) is 0 Å². The van der Waals surface area contributed by atoms with Crippen LogP contribution in [0.25, 0.3) is 11.1 Å². The van der Waals surface area contributed by atoms with Gasteiger partial charge in [0, 0.05) is 19.2 Å². The molecule has 7 heteroatoms. The smallest absolute Gasteiger partial charge is 0.408 e. The number of benzene rings is 1. The number of piperidine rings is 1. The zero-order valence-electron chi connectivity index (χ0n) is 12.2. The number of nitrogens with one attached hydrogen (secondary N) is 2. The summed E-state index contributed by atoms with van der Waals surface area (Å²) in [4.78, 5) is 40.0. The SMILES string of the molecule is CNC(=O)C1CCCCN1C(=O)c1ccc2oc(=O)[nH]c2c1. The number of rotatable bonds is 2. The van der Waals surface area contributed by atoms with Crippen molar-refractivity contribution in [3.05, 3.63) is 34.3 Å². The van der Waals surface area contributed by atoms with Crippen LogP contribution in [0.4, 0.5) is 0 Å². The predicted octanol–water partition coefficient (Wildman–Crippen LogP) is 0.862. The fraction of sp³-hybridized carbons (Fsp3) is 0.400. The van der Waals surface area contributed by atoms with Crippen molar-refractivity contribution < 1.29 is 14.0 Å². The van der Waals surface area contributed by atoms with Crippen molar-refractivity contribution in [2.45, 2.75) is 25.3 Å². The summed E-state index contributed by atoms with van der Waals surface area (Å²) in [5.74, 6) is -0.913. The zero-order chi connectivity index (χ0) is 15.7. The van der Waals surface area contributed by atoms with E-state index in [1.54, 1.807) is 30.1 Å². The molecular formula is C15H17N3O4. The van der Waals surface area contributed by atoms with Gasteiger partial charge in [0.05, 0.1) is 5.52 Å². The third-order valence-corrected chi connectivity index (χ3v) is 3.98. The molecule has 2 amide bonds. The number of fused-ring (bicyclic) bond motifs is 1. The Morgan fingerprint density at radius 2 is 2.18 bits per heavy atom. The molecular weight excluding hydrogens is 286 g/mol. The highest BCUT2D eigenvalue weighted by atomic mass is 16.4. The number of nitrogens with zero attached hydrogens (tertiary/aromatic N) is 1. The molecule has 0 spiro atoms. The van der Waals surface area contributed by atoms with Crippen molar-refractivity contribution in [2.24, 2.45) is 0 Å². The van der Waals surface area contributed by atoms with Gasteiger partial charge >= 0.3 is 5.76 Å². The van der Waals surface area contributed by atoms with Crippen LogP contribution >= 0.6 is 0 Å². The summed E-state index contributed by atoms with van der Waals surface area (Å²) in [6.07, 6.45) is 2.47. The molecule has 0 aliphatic carbocycles. The van der Waals surface area contributed by atoms with E-state index in [9.17, 15) is 14.4 Å². The van der Waals surface area contributed by atoms with Crippen molar-refractivity contribution in [2.75, 3.05) is 13.6 Å². The largest absolute Gasteiger partial charge is 0.417 e. The van der Waals surface area contributed by atoms with Crippen molar-refractivity contribution in [1.29, 1.82) is 0 Å². The monoisotopic (exact) mass is 303 g/mol. The molecule has 116 valence electrons. The fourth-order valence-corrected chi connectivity index (χ4v) is 2.86. The van der Waals surface area contributed by atoms with Gasteiger partial charge in [-0.2, -0.15) is 0 Å². The van der Waals surface area contributed by atoms with Crippen LogP contribution < -0.4 is 11.1 Å². The summed E-state index contributed by atoms with van der Waals surface area (Å²) in [6.45, 7) is 0.552. The quantitative estimate of drug-likeness (QED) is 0.860. The number of aromatic nitrogens is 1. The van der Waals surface area contributed by atoms with Crippen LogP contribution in [-0.4, -0.2) is 41.3 Å². The normalized spacial score (nSPS) is 18.4. The minimum atomic E-state index is -0.555. The summed E-state index contributed by atoms with van der Waals surface area (Å²) in [5.41, 5.74) is 1.31. The van der Waals surface area contributed by atoms with E-state index in [1.165, 1.54) is 0 Å². The highest BCUT2D eigenvalue weighted by molar-refractivity contribution is 5.99. The topological polar surface area (TPSA) is 95.4 Å². The maximum atomic E-state index is 12.7. The molecule has 22 heavy (non-hydrogen) atoms. The fourth-order valence-electron chi connectivity index (χ4n) is 2.86. The molecule has 1 aliphatic rings. The summed E-state index contributed by atoms with van der Waals surface area (Å²) >= 11 is 0. The first-order valence-electron chi connectivity index (χ1n) is 7.25. The first-order chi connectivity index (χ1) is 10.6. The van der Waals surface area contributed by atoms with Crippen LogP contribution in [0.1, 0.15) is 29.6 Å². The number of amides is 2. The van der Waals surface area contributed by atoms with Gasteiger partial charge in [-0.15, -0.1) is 0 Å². The second-order valence-corrected chi connectivity index (χ2v) is 5.35. The van der Waals surface area contributed by atoms with Crippen LogP contribution in [0.5, 0.6) is 0 Å². The third kappa shape index (κ3) is 2.49. The average Bonchev–Trinajstić information content (AvgIpc) is 2.92. The number of carbonyl (C=O) groups is 2. The number of hydrogen-bond acceptors (Lipinski definition) is 4. The number of likely N-dealkylation sites (tertiary alicyclic amines) is 1. The molecule has 2 aromatic rings. The highest BCUT2D eigenvalue weighted by Gasteiger charge is 2.32. The van der Waals surface area contributed by atoms with E-state index < -0.39 is 11.8 Å². The van der Waals surface area contributed by atoms with Gasteiger partial charge in [-0.25, -0.2) is 4.79 Å². The Bertz CT molecular complexity index is 776. The number of carbonyl (C=O) groups excluding carboxylic acids is 2. The van der Waals surface area contributed by atoms with Gasteiger partial charge in [0.15, 0.2) is 5.58 Å². The molecule has 0 saturated carbocycles. The molecule has 0 bridgehead atoms. The van der Waals surface area contributed by atoms with Gasteiger partial charge in [-0.3, -0.25) is 14.6 Å². The van der Waals surface area contributed by atoms with Crippen LogP contribution in [0.3, 0.4) is 0 Å². The van der Waals surface area contributed by atoms with Crippen LogP contribution in [0.15, 0.2) is 27.4 Å². The van der Waals surface area contributed by atoms with E-state index in [0.717, 1.165) is 12.8 Å². The second-order valence-electron chi connectivity index (χ2n) is 5.35. The van der Waals surface area contributed by atoms with E-state index >= 15 is 0 Å². The lowest BCUT2D eigenvalue weighted by Crippen LogP contribution is -2.51. The van der Waals surface area contributed by atoms with E-state index in [-0.39, 0.29) is 11.8 Å². The molecule has 7 nitrogen and oxygen atoms in total. The van der Waals surface area contributed by atoms with Crippen LogP contribution in [-0.2, 0) is 4.79 Å². The van der Waals surface area contributed by atoms with E-state index in [1.807, 2.05) is 0 Å². The lowest BCUT2D eigenvalue weighted by atomic mass is 10.00. The van der Waals surface area contributed by atoms with Crippen molar-refractivity contribution in [1.82, 2.24) is 15.2 Å². The molecule has 3 rings (SSSR count). The average molecular weight is 303 g/mol. The molecule has 1 unspecified atom stereocenters. The predicted molar refractivity (Wildman–Crippen MR) is 79.6 cm³/mol. The Morgan fingerprint density at radius 1 is 1.36 bits per heavy atom. The van der Waals surface area contributed by atoms with Gasteiger partial charge < -0.3 is 14.6 Å². The highest BCUT2D eigenvalue weighted by Crippen LogP contribution is 2.21. The summed E-state index contributed by atoms with van der Waals surface area (Å²) in [7, 11) is 1.57. The second kappa shape index (κ2) is 5.67. The number of likely N-dealkylation sites (N-methyl/N-ethyl adjacent to an activating group) is 1. The molecule has 1 aromatic heterocycles. The molecule has 1 saturated heterocycles. The minimum Gasteiger partial charge on any atom is -0.408 e. The van der Waals surface area contributed by atoms with Crippen molar-refractivity contribution in [3.63, 3.8) is 0 Å². The van der Waals surface area contributed by atoms with Gasteiger partial charge in [0.2, 0.25) is 5.91 Å². The Kier molecular flexibility index (Phi) is 3.70. The van der Waals surface area contributed by atoms with Gasteiger partial charge in [-0.05, 0) is 37.5 Å². The molecule has 1 aliphatic heterocycles. The summed E-state index contributed by atoms with van der Waals surface area (Å²) in [5, 5.41) is 2.61. The van der Waals surface area contributed by atoms with E-state index in [0.29, 0.717) is 29.6 Å². The molecule has 1 atom stereocenters. The Hall–Kier alpha value is -2.57. The summed E-state index contributed by atoms with van der Waals surface area (Å²) in [6, 6.07) is 4.33. The Morgan fingerprint density at radius 3 is 2.95 bits per heavy atom. The molecule has 1 aromatic carbocycles. The lowest BCUT2D eigenvalue weighted by Gasteiger charge is -2.34. The third-order valence-electron chi connectivity index (χ3n) is 3.98. The van der Waals surface area contributed by atoms with Crippen molar-refractivity contribution in [3.8, 4) is 0 Å². The molecule has 2 heterocycles.